The molecule has 100 valence electrons. The largest absolute Gasteiger partial charge is 0.350 e. The fraction of sp³-hybridized carbons (Fsp3) is 0.125. The van der Waals surface area contributed by atoms with Gasteiger partial charge in [0.25, 0.3) is 5.91 Å². The molecular formula is C16H15N3O. The minimum Gasteiger partial charge on any atom is -0.350 e. The van der Waals surface area contributed by atoms with Gasteiger partial charge in [-0.05, 0) is 24.6 Å². The average molecular weight is 265 g/mol. The molecule has 0 aliphatic heterocycles. The molecule has 1 aromatic carbocycles. The molecule has 4 nitrogen and oxygen atoms in total. The van der Waals surface area contributed by atoms with Crippen molar-refractivity contribution in [3.63, 3.8) is 0 Å². The van der Waals surface area contributed by atoms with Gasteiger partial charge < -0.3 is 10.3 Å². The molecule has 0 unspecified atom stereocenters. The number of hydrogen-bond acceptors (Lipinski definition) is 2. The van der Waals surface area contributed by atoms with Crippen LogP contribution in [0.5, 0.6) is 0 Å². The van der Waals surface area contributed by atoms with Gasteiger partial charge in [0.05, 0.1) is 0 Å². The van der Waals surface area contributed by atoms with E-state index in [2.05, 4.69) is 15.3 Å². The monoisotopic (exact) mass is 265 g/mol. The number of H-pyrrole nitrogens is 1. The summed E-state index contributed by atoms with van der Waals surface area (Å²) in [4.78, 5) is 19.2. The molecule has 20 heavy (non-hydrogen) atoms. The number of nitrogens with zero attached hydrogens (tertiary/aromatic N) is 1. The van der Waals surface area contributed by atoms with Gasteiger partial charge in [-0.1, -0.05) is 29.8 Å². The Hall–Kier alpha value is -2.62. The van der Waals surface area contributed by atoms with E-state index in [1.165, 1.54) is 5.56 Å². The number of nitrogens with one attached hydrogen (secondary N) is 2. The molecule has 0 saturated carbocycles. The molecule has 3 rings (SSSR count). The first-order chi connectivity index (χ1) is 9.72. The summed E-state index contributed by atoms with van der Waals surface area (Å²) < 4.78 is 0. The highest BCUT2D eigenvalue weighted by molar-refractivity contribution is 5.97. The molecule has 0 radical (unpaired) electrons. The zero-order chi connectivity index (χ0) is 13.9. The number of carbonyl (C=O) groups excluding carboxylic acids is 1. The summed E-state index contributed by atoms with van der Waals surface area (Å²) in [5.74, 6) is -0.109. The van der Waals surface area contributed by atoms with E-state index in [4.69, 9.17) is 0 Å². The standard InChI is InChI=1S/C16H15N3O/c1-11-2-4-12(5-3-11)9-18-16(20)15-8-13-10-17-7-6-14(13)19-15/h2-8,10,19H,9H2,1H3,(H,18,20). The number of aromatic nitrogens is 2. The van der Waals surface area contributed by atoms with Gasteiger partial charge in [0.1, 0.15) is 5.69 Å². The predicted octanol–water partition coefficient (Wildman–Crippen LogP) is 2.80. The third kappa shape index (κ3) is 2.54. The second kappa shape index (κ2) is 5.17. The van der Waals surface area contributed by atoms with Gasteiger partial charge in [-0.3, -0.25) is 9.78 Å². The van der Waals surface area contributed by atoms with Crippen molar-refractivity contribution in [2.24, 2.45) is 0 Å². The van der Waals surface area contributed by atoms with Gasteiger partial charge in [-0.25, -0.2) is 0 Å². The molecule has 4 heteroatoms. The maximum atomic E-state index is 12.1. The fourth-order valence-corrected chi connectivity index (χ4v) is 2.08. The highest BCUT2D eigenvalue weighted by atomic mass is 16.1. The lowest BCUT2D eigenvalue weighted by molar-refractivity contribution is 0.0947. The van der Waals surface area contributed by atoms with Crippen molar-refractivity contribution >= 4 is 16.8 Å². The van der Waals surface area contributed by atoms with Crippen LogP contribution in [-0.4, -0.2) is 15.9 Å². The highest BCUT2D eigenvalue weighted by Crippen LogP contribution is 2.13. The molecule has 2 heterocycles. The summed E-state index contributed by atoms with van der Waals surface area (Å²) >= 11 is 0. The van der Waals surface area contributed by atoms with Crippen molar-refractivity contribution < 1.29 is 4.79 Å². The lowest BCUT2D eigenvalue weighted by Gasteiger charge is -2.04. The Bertz CT molecular complexity index is 711. The molecule has 2 N–H and O–H groups in total. The van der Waals surface area contributed by atoms with Gasteiger partial charge >= 0.3 is 0 Å². The molecule has 0 saturated heterocycles. The van der Waals surface area contributed by atoms with Gasteiger partial charge in [-0.15, -0.1) is 0 Å². The number of fused-ring (bicyclic) bond motifs is 1. The van der Waals surface area contributed by atoms with Crippen molar-refractivity contribution in [2.75, 3.05) is 0 Å². The fourth-order valence-electron chi connectivity index (χ4n) is 2.08. The van der Waals surface area contributed by atoms with Gasteiger partial charge in [0.15, 0.2) is 0 Å². The normalized spacial score (nSPS) is 10.7. The van der Waals surface area contributed by atoms with Crippen LogP contribution in [0.1, 0.15) is 21.6 Å². The van der Waals surface area contributed by atoms with Crippen LogP contribution < -0.4 is 5.32 Å². The van der Waals surface area contributed by atoms with Crippen molar-refractivity contribution in [1.29, 1.82) is 0 Å². The molecule has 0 aliphatic carbocycles. The molecule has 2 aromatic heterocycles. The minimum absolute atomic E-state index is 0.109. The maximum Gasteiger partial charge on any atom is 0.267 e. The summed E-state index contributed by atoms with van der Waals surface area (Å²) in [6.45, 7) is 2.56. The zero-order valence-electron chi connectivity index (χ0n) is 11.2. The van der Waals surface area contributed by atoms with Crippen LogP contribution in [0.3, 0.4) is 0 Å². The van der Waals surface area contributed by atoms with Crippen LogP contribution in [0.25, 0.3) is 10.9 Å². The predicted molar refractivity (Wildman–Crippen MR) is 78.4 cm³/mol. The minimum atomic E-state index is -0.109. The van der Waals surface area contributed by atoms with Crippen LogP contribution in [0, 0.1) is 6.92 Å². The Balaban J connectivity index is 1.71. The summed E-state index contributed by atoms with van der Waals surface area (Å²) in [7, 11) is 0. The van der Waals surface area contributed by atoms with E-state index >= 15 is 0 Å². The van der Waals surface area contributed by atoms with E-state index in [0.29, 0.717) is 12.2 Å². The molecule has 0 aliphatic rings. The van der Waals surface area contributed by atoms with Crippen molar-refractivity contribution in [1.82, 2.24) is 15.3 Å². The highest BCUT2D eigenvalue weighted by Gasteiger charge is 2.08. The SMILES string of the molecule is Cc1ccc(CNC(=O)c2cc3cnccc3[nH]2)cc1. The molecule has 3 aromatic rings. The first-order valence-corrected chi connectivity index (χ1v) is 6.49. The zero-order valence-corrected chi connectivity index (χ0v) is 11.2. The summed E-state index contributed by atoms with van der Waals surface area (Å²) in [5, 5.41) is 3.84. The smallest absolute Gasteiger partial charge is 0.267 e. The van der Waals surface area contributed by atoms with E-state index in [1.54, 1.807) is 12.4 Å². The molecule has 1 amide bonds. The number of rotatable bonds is 3. The molecular weight excluding hydrogens is 250 g/mol. The van der Waals surface area contributed by atoms with Crippen LogP contribution in [0.2, 0.25) is 0 Å². The molecule has 0 fully saturated rings. The Morgan fingerprint density at radius 3 is 2.80 bits per heavy atom. The van der Waals surface area contributed by atoms with Crippen molar-refractivity contribution in [3.8, 4) is 0 Å². The number of pyridine rings is 1. The van der Waals surface area contributed by atoms with Gasteiger partial charge in [-0.2, -0.15) is 0 Å². The number of carbonyl (C=O) groups is 1. The molecule has 0 spiro atoms. The first-order valence-electron chi connectivity index (χ1n) is 6.49. The third-order valence-electron chi connectivity index (χ3n) is 3.24. The molecule has 0 bridgehead atoms. The van der Waals surface area contributed by atoms with Crippen LogP contribution in [0.4, 0.5) is 0 Å². The van der Waals surface area contributed by atoms with Gasteiger partial charge in [0.2, 0.25) is 0 Å². The number of amides is 1. The summed E-state index contributed by atoms with van der Waals surface area (Å²) in [5.41, 5.74) is 3.77. The van der Waals surface area contributed by atoms with E-state index in [0.717, 1.165) is 16.5 Å². The second-order valence-electron chi connectivity index (χ2n) is 4.81. The van der Waals surface area contributed by atoms with Crippen LogP contribution in [0.15, 0.2) is 48.8 Å². The third-order valence-corrected chi connectivity index (χ3v) is 3.24. The summed E-state index contributed by atoms with van der Waals surface area (Å²) in [6, 6.07) is 11.8. The number of aromatic amines is 1. The lowest BCUT2D eigenvalue weighted by atomic mass is 10.1. The Labute approximate surface area is 116 Å². The lowest BCUT2D eigenvalue weighted by Crippen LogP contribution is -2.23. The molecule has 0 atom stereocenters. The van der Waals surface area contributed by atoms with Crippen molar-refractivity contribution in [3.05, 3.63) is 65.6 Å². The van der Waals surface area contributed by atoms with Crippen LogP contribution in [-0.2, 0) is 6.54 Å². The quantitative estimate of drug-likeness (QED) is 0.765. The maximum absolute atomic E-state index is 12.1. The second-order valence-corrected chi connectivity index (χ2v) is 4.81. The Morgan fingerprint density at radius 2 is 2.05 bits per heavy atom. The van der Waals surface area contributed by atoms with E-state index in [-0.39, 0.29) is 5.91 Å². The van der Waals surface area contributed by atoms with Crippen molar-refractivity contribution in [2.45, 2.75) is 13.5 Å². The Kier molecular flexibility index (Phi) is 3.21. The number of benzene rings is 1. The first kappa shape index (κ1) is 12.4. The number of aryl methyl sites for hydroxylation is 1. The van der Waals surface area contributed by atoms with Crippen LogP contribution >= 0.6 is 0 Å². The summed E-state index contributed by atoms with van der Waals surface area (Å²) in [6.07, 6.45) is 3.44. The van der Waals surface area contributed by atoms with E-state index in [9.17, 15) is 4.79 Å². The van der Waals surface area contributed by atoms with Gasteiger partial charge in [0, 0.05) is 29.8 Å². The average Bonchev–Trinajstić information content (AvgIpc) is 2.90. The van der Waals surface area contributed by atoms with E-state index < -0.39 is 0 Å². The topological polar surface area (TPSA) is 57.8 Å². The van der Waals surface area contributed by atoms with E-state index in [1.807, 2.05) is 43.3 Å². The Morgan fingerprint density at radius 1 is 1.25 bits per heavy atom. The number of hydrogen-bond donors (Lipinski definition) is 2.